The van der Waals surface area contributed by atoms with Crippen LogP contribution in [0.15, 0.2) is 0 Å². The van der Waals surface area contributed by atoms with Crippen molar-refractivity contribution < 1.29 is 30.8 Å². The molecule has 0 aromatic carbocycles. The summed E-state index contributed by atoms with van der Waals surface area (Å²) >= 11 is 0. The van der Waals surface area contributed by atoms with E-state index in [0.717, 1.165) is 0 Å². The van der Waals surface area contributed by atoms with Crippen molar-refractivity contribution in [3.05, 3.63) is 0 Å². The first-order chi connectivity index (χ1) is 1.00. The molecule has 0 N–H and O–H groups in total. The van der Waals surface area contributed by atoms with Crippen molar-refractivity contribution in [3.63, 3.8) is 0 Å². The van der Waals surface area contributed by atoms with Gasteiger partial charge in [0.05, 0.1) is 0 Å². The minimum Gasteiger partial charge on any atom is 0 e. The van der Waals surface area contributed by atoms with Gasteiger partial charge in [-0.05, 0) is 0 Å². The molecule has 0 atom stereocenters. The third-order valence-electron chi connectivity index (χ3n) is 0. The van der Waals surface area contributed by atoms with Gasteiger partial charge >= 0.3 is 18.9 Å². The van der Waals surface area contributed by atoms with E-state index in [9.17, 15) is 0 Å². The molecule has 0 aromatic heterocycles. The van der Waals surface area contributed by atoms with Gasteiger partial charge in [-0.1, -0.05) is 0 Å². The normalized spacial score (nSPS) is 1.00. The Bertz CT molecular complexity index is 8.00. The topological polar surface area (TPSA) is 17.1 Å². The van der Waals surface area contributed by atoms with E-state index in [0.29, 0.717) is 0 Å². The average molecular weight is 147 g/mol. The molecule has 1 nitrogen and oxygen atoms in total. The fraction of sp³-hybridized carbons (Fsp3) is 0. The molecular weight excluding hydrogens is 145 g/mol. The van der Waals surface area contributed by atoms with Gasteiger partial charge in [-0.2, -0.15) is 0 Å². The maximum atomic E-state index is 8.06. The SMILES string of the molecule is O=P.[LiH].[Zr]. The molecule has 0 bridgehead atoms. The monoisotopic (exact) mass is 146 g/mol. The molecule has 0 aliphatic rings. The zero-order valence-corrected chi connectivity index (χ0v) is 4.87. The fourth-order valence-electron chi connectivity index (χ4n) is 0. The summed E-state index contributed by atoms with van der Waals surface area (Å²) in [4.78, 5) is 0. The minimum atomic E-state index is 0. The Morgan fingerprint density at radius 1 is 1.25 bits per heavy atom. The van der Waals surface area contributed by atoms with Crippen molar-refractivity contribution in [2.45, 2.75) is 0 Å². The van der Waals surface area contributed by atoms with Gasteiger partial charge in [0.2, 0.25) is 0 Å². The van der Waals surface area contributed by atoms with Gasteiger partial charge in [-0.15, -0.1) is 0 Å². The summed E-state index contributed by atoms with van der Waals surface area (Å²) in [7, 11) is 1.72. The quantitative estimate of drug-likeness (QED) is 0.343. The molecule has 0 amide bonds. The Hall–Kier alpha value is 1.58. The van der Waals surface area contributed by atoms with Crippen molar-refractivity contribution in [1.82, 2.24) is 0 Å². The van der Waals surface area contributed by atoms with Gasteiger partial charge in [0.15, 0.2) is 0 Å². The van der Waals surface area contributed by atoms with E-state index in [2.05, 4.69) is 0 Å². The summed E-state index contributed by atoms with van der Waals surface area (Å²) in [6.07, 6.45) is 0. The maximum Gasteiger partial charge on any atom is 0 e. The summed E-state index contributed by atoms with van der Waals surface area (Å²) in [5, 5.41) is 0. The molecule has 18 valence electrons. The van der Waals surface area contributed by atoms with Crippen LogP contribution in [0.2, 0.25) is 0 Å². The van der Waals surface area contributed by atoms with Crippen LogP contribution < -0.4 is 0 Å². The smallest absolute Gasteiger partial charge is 0 e. The average Bonchev–Trinajstić information content (AvgIpc) is 1.00. The predicted molar refractivity (Wildman–Crippen MR) is 16.2 cm³/mol. The van der Waals surface area contributed by atoms with Crippen molar-refractivity contribution in [3.8, 4) is 0 Å². The van der Waals surface area contributed by atoms with Crippen molar-refractivity contribution in [1.29, 1.82) is 0 Å². The molecule has 4 heavy (non-hydrogen) atoms. The van der Waals surface area contributed by atoms with E-state index in [4.69, 9.17) is 4.57 Å². The van der Waals surface area contributed by atoms with E-state index in [1.807, 2.05) is 0 Å². The maximum absolute atomic E-state index is 8.06. The summed E-state index contributed by atoms with van der Waals surface area (Å²) in [5.74, 6) is 0. The van der Waals surface area contributed by atoms with Crippen LogP contribution in [0, 0.1) is 0 Å². The van der Waals surface area contributed by atoms with Crippen LogP contribution in [0.5, 0.6) is 0 Å². The number of rotatable bonds is 0. The third-order valence-corrected chi connectivity index (χ3v) is 0. The van der Waals surface area contributed by atoms with Crippen LogP contribution in [-0.4, -0.2) is 18.9 Å². The van der Waals surface area contributed by atoms with Gasteiger partial charge in [-0.3, -0.25) is 4.57 Å². The van der Waals surface area contributed by atoms with E-state index in [1.54, 1.807) is 9.12 Å². The number of hydrogen-bond acceptors (Lipinski definition) is 1. The van der Waals surface area contributed by atoms with Crippen LogP contribution >= 0.6 is 9.12 Å². The Balaban J connectivity index is -0.00000000500. The molecule has 0 spiro atoms. The van der Waals surface area contributed by atoms with Crippen LogP contribution in [0.4, 0.5) is 0 Å². The second-order valence-corrected chi connectivity index (χ2v) is 0. The Kier molecular flexibility index (Phi) is 103. The molecule has 4 heteroatoms. The zero-order valence-electron chi connectivity index (χ0n) is 1.41. The fourth-order valence-corrected chi connectivity index (χ4v) is 0. The van der Waals surface area contributed by atoms with Crippen LogP contribution in [0.3, 0.4) is 0 Å². The van der Waals surface area contributed by atoms with E-state index in [-0.39, 0.29) is 45.1 Å². The molecule has 0 saturated carbocycles. The molecule has 0 unspecified atom stereocenters. The van der Waals surface area contributed by atoms with Crippen LogP contribution in [0.25, 0.3) is 0 Å². The van der Waals surface area contributed by atoms with E-state index < -0.39 is 0 Å². The van der Waals surface area contributed by atoms with E-state index >= 15 is 0 Å². The molecule has 0 aliphatic carbocycles. The van der Waals surface area contributed by atoms with Gasteiger partial charge < -0.3 is 0 Å². The van der Waals surface area contributed by atoms with Crippen LogP contribution in [0.1, 0.15) is 0 Å². The summed E-state index contributed by atoms with van der Waals surface area (Å²) in [5.41, 5.74) is 0. The molecule has 0 aliphatic heterocycles. The molecule has 0 rings (SSSR count). The summed E-state index contributed by atoms with van der Waals surface area (Å²) in [6.45, 7) is 0. The Morgan fingerprint density at radius 3 is 1.25 bits per heavy atom. The van der Waals surface area contributed by atoms with Crippen molar-refractivity contribution in [2.24, 2.45) is 0 Å². The Morgan fingerprint density at radius 2 is 1.25 bits per heavy atom. The molecule has 0 aromatic rings. The second kappa shape index (κ2) is 23.5. The number of hydrogen-bond donors (Lipinski definition) is 0. The second-order valence-electron chi connectivity index (χ2n) is 0. The van der Waals surface area contributed by atoms with Crippen molar-refractivity contribution >= 4 is 28.0 Å². The first kappa shape index (κ1) is 17.6. The third kappa shape index (κ3) is 9.54. The molecule has 0 saturated heterocycles. The molecular formula is H2LiOPZr. The van der Waals surface area contributed by atoms with Crippen LogP contribution in [-0.2, 0) is 30.8 Å². The molecule has 0 radical (unpaired) electrons. The molecule has 0 heterocycles. The minimum absolute atomic E-state index is 0. The van der Waals surface area contributed by atoms with Gasteiger partial charge in [0.1, 0.15) is 9.12 Å². The standard InChI is InChI=1S/Li.HOP.Zr.H/c;1-2;;/h;2H;;. The molecule has 0 fully saturated rings. The predicted octanol–water partition coefficient (Wildman–Crippen LogP) is -0.176. The zero-order chi connectivity index (χ0) is 2.00. The Labute approximate surface area is 58.5 Å². The summed E-state index contributed by atoms with van der Waals surface area (Å²) in [6, 6.07) is 0. The van der Waals surface area contributed by atoms with Gasteiger partial charge in [0.25, 0.3) is 0 Å². The largest absolute Gasteiger partial charge is 0 e. The van der Waals surface area contributed by atoms with Gasteiger partial charge in [0, 0.05) is 26.2 Å². The van der Waals surface area contributed by atoms with Gasteiger partial charge in [-0.25, -0.2) is 0 Å². The van der Waals surface area contributed by atoms with E-state index in [1.165, 1.54) is 0 Å². The first-order valence-corrected chi connectivity index (χ1v) is 0.612. The first-order valence-electron chi connectivity index (χ1n) is 0.204. The van der Waals surface area contributed by atoms with Crippen molar-refractivity contribution in [2.75, 3.05) is 0 Å². The summed E-state index contributed by atoms with van der Waals surface area (Å²) < 4.78 is 8.06.